The van der Waals surface area contributed by atoms with Crippen molar-refractivity contribution in [2.45, 2.75) is 63.4 Å². The molecule has 1 saturated carbocycles. The van der Waals surface area contributed by atoms with Crippen LogP contribution in [0.3, 0.4) is 0 Å². The van der Waals surface area contributed by atoms with Crippen molar-refractivity contribution in [2.24, 2.45) is 0 Å². The summed E-state index contributed by atoms with van der Waals surface area (Å²) in [6.45, 7) is 6.11. The summed E-state index contributed by atoms with van der Waals surface area (Å²) in [5.41, 5.74) is -0.618. The molecular formula is C17H24F3NO2S. The van der Waals surface area contributed by atoms with Gasteiger partial charge in [-0.25, -0.2) is 13.3 Å². The molecule has 1 N–H and O–H groups in total. The average Bonchev–Trinajstić information content (AvgIpc) is 3.28. The Kier molecular flexibility index (Phi) is 5.77. The minimum Gasteiger partial charge on any atom is -0.372 e. The van der Waals surface area contributed by atoms with Gasteiger partial charge in [-0.15, -0.1) is 0 Å². The number of rotatable bonds is 7. The maximum absolute atomic E-state index is 14.6. The first-order chi connectivity index (χ1) is 11.0. The zero-order valence-corrected chi connectivity index (χ0v) is 15.2. The quantitative estimate of drug-likeness (QED) is 0.788. The van der Waals surface area contributed by atoms with Crippen LogP contribution in [0.4, 0.5) is 13.2 Å². The van der Waals surface area contributed by atoms with E-state index >= 15 is 0 Å². The summed E-state index contributed by atoms with van der Waals surface area (Å²) < 4.78 is 62.6. The van der Waals surface area contributed by atoms with E-state index in [2.05, 4.69) is 4.72 Å². The molecule has 0 aliphatic heterocycles. The molecule has 0 spiro atoms. The van der Waals surface area contributed by atoms with Gasteiger partial charge in [-0.2, -0.15) is 8.78 Å². The molecule has 0 aromatic heterocycles. The SMILES string of the molecule is C[C@@H](N[S@](=O)C(C)(C)C)c1cccc(C(F)(F)COC2CC2)c1F. The third-order valence-electron chi connectivity index (χ3n) is 3.75. The summed E-state index contributed by atoms with van der Waals surface area (Å²) in [6.07, 6.45) is 1.42. The number of halogens is 3. The maximum atomic E-state index is 14.6. The van der Waals surface area contributed by atoms with E-state index in [1.54, 1.807) is 27.7 Å². The zero-order valence-electron chi connectivity index (χ0n) is 14.4. The first-order valence-corrected chi connectivity index (χ1v) is 9.13. The fourth-order valence-electron chi connectivity index (χ4n) is 2.10. The lowest BCUT2D eigenvalue weighted by molar-refractivity contribution is -0.0895. The van der Waals surface area contributed by atoms with Crippen molar-refractivity contribution in [1.82, 2.24) is 4.72 Å². The summed E-state index contributed by atoms with van der Waals surface area (Å²) in [6, 6.07) is 3.22. The van der Waals surface area contributed by atoms with E-state index in [4.69, 9.17) is 4.74 Å². The van der Waals surface area contributed by atoms with Crippen LogP contribution < -0.4 is 4.72 Å². The van der Waals surface area contributed by atoms with E-state index in [9.17, 15) is 17.4 Å². The van der Waals surface area contributed by atoms with Crippen molar-refractivity contribution in [3.8, 4) is 0 Å². The summed E-state index contributed by atoms with van der Waals surface area (Å²) in [7, 11) is -1.43. The van der Waals surface area contributed by atoms with E-state index in [0.717, 1.165) is 18.9 Å². The first-order valence-electron chi connectivity index (χ1n) is 7.99. The van der Waals surface area contributed by atoms with Gasteiger partial charge in [0.15, 0.2) is 0 Å². The Labute approximate surface area is 143 Å². The van der Waals surface area contributed by atoms with Crippen LogP contribution in [0.5, 0.6) is 0 Å². The molecule has 0 amide bonds. The highest BCUT2D eigenvalue weighted by Crippen LogP contribution is 2.35. The lowest BCUT2D eigenvalue weighted by Crippen LogP contribution is -2.35. The third-order valence-corrected chi connectivity index (χ3v) is 5.43. The lowest BCUT2D eigenvalue weighted by atomic mass is 10.0. The van der Waals surface area contributed by atoms with Crippen molar-refractivity contribution in [1.29, 1.82) is 0 Å². The van der Waals surface area contributed by atoms with Crippen LogP contribution in [0, 0.1) is 5.82 Å². The molecule has 7 heteroatoms. The van der Waals surface area contributed by atoms with Gasteiger partial charge < -0.3 is 4.74 Å². The number of benzene rings is 1. The standard InChI is InChI=1S/C17H24F3NO2S/c1-11(21-24(22)16(2,3)4)13-6-5-7-14(15(13)18)17(19,20)10-23-12-8-9-12/h5-7,11-12,21H,8-10H2,1-4H3/t11-,24-/m1/s1. The topological polar surface area (TPSA) is 38.3 Å². The Hall–Kier alpha value is -0.920. The second kappa shape index (κ2) is 7.14. The molecule has 2 rings (SSSR count). The second-order valence-electron chi connectivity index (χ2n) is 7.14. The summed E-state index contributed by atoms with van der Waals surface area (Å²) in [5.74, 6) is -4.38. The second-order valence-corrected chi connectivity index (χ2v) is 9.14. The van der Waals surface area contributed by atoms with Crippen molar-refractivity contribution >= 4 is 11.0 Å². The normalized spacial score (nSPS) is 18.5. The molecule has 1 aromatic rings. The average molecular weight is 363 g/mol. The molecule has 1 aromatic carbocycles. The van der Waals surface area contributed by atoms with Gasteiger partial charge in [0.05, 0.1) is 27.4 Å². The van der Waals surface area contributed by atoms with Gasteiger partial charge in [-0.05, 0) is 46.6 Å². The highest BCUT2D eigenvalue weighted by Gasteiger charge is 2.38. The fraction of sp³-hybridized carbons (Fsp3) is 0.647. The predicted octanol–water partition coefficient (Wildman–Crippen LogP) is 4.21. The fourth-order valence-corrected chi connectivity index (χ4v) is 2.90. The number of hydrogen-bond acceptors (Lipinski definition) is 2. The summed E-state index contributed by atoms with van der Waals surface area (Å²) >= 11 is 0. The van der Waals surface area contributed by atoms with Crippen molar-refractivity contribution in [3.05, 3.63) is 35.1 Å². The van der Waals surface area contributed by atoms with Crippen LogP contribution in [-0.4, -0.2) is 21.7 Å². The number of hydrogen-bond donors (Lipinski definition) is 1. The van der Waals surface area contributed by atoms with Crippen LogP contribution in [0.2, 0.25) is 0 Å². The van der Waals surface area contributed by atoms with Crippen LogP contribution in [0.25, 0.3) is 0 Å². The Balaban J connectivity index is 2.18. The molecule has 2 atom stereocenters. The monoisotopic (exact) mass is 363 g/mol. The number of nitrogens with one attached hydrogen (secondary N) is 1. The van der Waals surface area contributed by atoms with E-state index in [1.807, 2.05) is 0 Å². The van der Waals surface area contributed by atoms with Gasteiger partial charge in [0.25, 0.3) is 5.92 Å². The molecule has 1 aliphatic rings. The molecule has 0 saturated heterocycles. The Morgan fingerprint density at radius 3 is 2.50 bits per heavy atom. The van der Waals surface area contributed by atoms with Crippen molar-refractivity contribution in [2.75, 3.05) is 6.61 Å². The van der Waals surface area contributed by atoms with E-state index in [0.29, 0.717) is 0 Å². The smallest absolute Gasteiger partial charge is 0.298 e. The molecule has 0 heterocycles. The highest BCUT2D eigenvalue weighted by atomic mass is 32.2. The molecule has 1 aliphatic carbocycles. The largest absolute Gasteiger partial charge is 0.372 e. The van der Waals surface area contributed by atoms with E-state index < -0.39 is 45.7 Å². The highest BCUT2D eigenvalue weighted by molar-refractivity contribution is 7.84. The molecule has 0 bridgehead atoms. The number of ether oxygens (including phenoxy) is 1. The predicted molar refractivity (Wildman–Crippen MR) is 88.7 cm³/mol. The third kappa shape index (κ3) is 4.80. The molecular weight excluding hydrogens is 339 g/mol. The van der Waals surface area contributed by atoms with E-state index in [-0.39, 0.29) is 11.7 Å². The first kappa shape index (κ1) is 19.4. The van der Waals surface area contributed by atoms with Crippen LogP contribution in [0.15, 0.2) is 18.2 Å². The van der Waals surface area contributed by atoms with Gasteiger partial charge in [0, 0.05) is 11.6 Å². The molecule has 136 valence electrons. The van der Waals surface area contributed by atoms with Crippen LogP contribution in [-0.2, 0) is 21.6 Å². The minimum atomic E-state index is -3.40. The molecule has 0 unspecified atom stereocenters. The Bertz CT molecular complexity index is 612. The minimum absolute atomic E-state index is 0.0659. The summed E-state index contributed by atoms with van der Waals surface area (Å²) in [4.78, 5) is 0. The lowest BCUT2D eigenvalue weighted by Gasteiger charge is -2.24. The molecule has 1 fully saturated rings. The Morgan fingerprint density at radius 1 is 1.33 bits per heavy atom. The van der Waals surface area contributed by atoms with Crippen LogP contribution >= 0.6 is 0 Å². The van der Waals surface area contributed by atoms with Gasteiger partial charge in [-0.1, -0.05) is 12.1 Å². The molecule has 24 heavy (non-hydrogen) atoms. The Morgan fingerprint density at radius 2 is 1.96 bits per heavy atom. The maximum Gasteiger partial charge on any atom is 0.298 e. The summed E-state index contributed by atoms with van der Waals surface area (Å²) in [5, 5.41) is 0. The van der Waals surface area contributed by atoms with Gasteiger partial charge in [-0.3, -0.25) is 0 Å². The molecule has 0 radical (unpaired) electrons. The van der Waals surface area contributed by atoms with Crippen molar-refractivity contribution in [3.63, 3.8) is 0 Å². The van der Waals surface area contributed by atoms with E-state index in [1.165, 1.54) is 12.1 Å². The molecule has 3 nitrogen and oxygen atoms in total. The van der Waals surface area contributed by atoms with Gasteiger partial charge in [0.2, 0.25) is 0 Å². The van der Waals surface area contributed by atoms with Crippen molar-refractivity contribution < 1.29 is 22.1 Å². The number of alkyl halides is 2. The van der Waals surface area contributed by atoms with Crippen LogP contribution in [0.1, 0.15) is 57.7 Å². The zero-order chi connectivity index (χ0) is 18.1. The van der Waals surface area contributed by atoms with Gasteiger partial charge >= 0.3 is 0 Å². The van der Waals surface area contributed by atoms with Gasteiger partial charge in [0.1, 0.15) is 12.4 Å².